The zero-order chi connectivity index (χ0) is 17.4. The van der Waals surface area contributed by atoms with Crippen LogP contribution >= 0.6 is 0 Å². The minimum absolute atomic E-state index is 0.0198. The Bertz CT molecular complexity index is 835. The third-order valence-corrected chi connectivity index (χ3v) is 5.05. The first-order valence-electron chi connectivity index (χ1n) is 8.35. The SMILES string of the molecule is O=C(CN1CC2CC2(C(=O)c2ccccc2)C1=O)Nc1ccccc1. The summed E-state index contributed by atoms with van der Waals surface area (Å²) in [5, 5.41) is 2.77. The number of rotatable bonds is 5. The molecule has 1 N–H and O–H groups in total. The molecule has 2 unspecified atom stereocenters. The van der Waals surface area contributed by atoms with Crippen molar-refractivity contribution in [3.05, 3.63) is 66.2 Å². The van der Waals surface area contributed by atoms with Crippen LogP contribution in [0.15, 0.2) is 60.7 Å². The second kappa shape index (κ2) is 5.84. The van der Waals surface area contributed by atoms with Gasteiger partial charge in [-0.1, -0.05) is 48.5 Å². The van der Waals surface area contributed by atoms with Gasteiger partial charge in [-0.15, -0.1) is 0 Å². The molecule has 1 saturated carbocycles. The molecule has 4 rings (SSSR count). The third-order valence-electron chi connectivity index (χ3n) is 5.05. The first-order valence-corrected chi connectivity index (χ1v) is 8.35. The average molecular weight is 334 g/mol. The molecule has 0 bridgehead atoms. The summed E-state index contributed by atoms with van der Waals surface area (Å²) >= 11 is 0. The van der Waals surface area contributed by atoms with E-state index in [0.29, 0.717) is 24.2 Å². The van der Waals surface area contributed by atoms with Crippen molar-refractivity contribution < 1.29 is 14.4 Å². The van der Waals surface area contributed by atoms with Crippen LogP contribution in [0.2, 0.25) is 0 Å². The van der Waals surface area contributed by atoms with E-state index >= 15 is 0 Å². The molecule has 2 fully saturated rings. The quantitative estimate of drug-likeness (QED) is 0.674. The monoisotopic (exact) mass is 334 g/mol. The van der Waals surface area contributed by atoms with Crippen LogP contribution in [0.1, 0.15) is 16.8 Å². The average Bonchev–Trinajstić information content (AvgIpc) is 3.30. The molecule has 0 aromatic heterocycles. The van der Waals surface area contributed by atoms with Gasteiger partial charge < -0.3 is 10.2 Å². The highest BCUT2D eigenvalue weighted by Crippen LogP contribution is 2.60. The summed E-state index contributed by atoms with van der Waals surface area (Å²) < 4.78 is 0. The molecule has 1 aliphatic heterocycles. The minimum atomic E-state index is -0.936. The molecule has 1 heterocycles. The zero-order valence-electron chi connectivity index (χ0n) is 13.6. The standard InChI is InChI=1S/C20H18N2O3/c23-17(21-16-9-5-2-6-10-16)13-22-12-15-11-20(15,19(22)25)18(24)14-7-3-1-4-8-14/h1-10,15H,11-13H2,(H,21,23). The summed E-state index contributed by atoms with van der Waals surface area (Å²) in [5.74, 6) is -0.552. The summed E-state index contributed by atoms with van der Waals surface area (Å²) in [6, 6.07) is 18.0. The topological polar surface area (TPSA) is 66.5 Å². The van der Waals surface area contributed by atoms with Gasteiger partial charge in [-0.05, 0) is 24.5 Å². The maximum Gasteiger partial charge on any atom is 0.243 e. The highest BCUT2D eigenvalue weighted by atomic mass is 16.2. The van der Waals surface area contributed by atoms with Crippen molar-refractivity contribution in [1.82, 2.24) is 4.90 Å². The molecule has 2 aromatic rings. The van der Waals surface area contributed by atoms with Crippen molar-refractivity contribution in [2.24, 2.45) is 11.3 Å². The van der Waals surface area contributed by atoms with Gasteiger partial charge in [-0.2, -0.15) is 0 Å². The fourth-order valence-electron chi connectivity index (χ4n) is 3.70. The fraction of sp³-hybridized carbons (Fsp3) is 0.250. The molecular weight excluding hydrogens is 316 g/mol. The number of nitrogens with one attached hydrogen (secondary N) is 1. The number of carbonyl (C=O) groups is 3. The molecule has 25 heavy (non-hydrogen) atoms. The van der Waals surface area contributed by atoms with Gasteiger partial charge >= 0.3 is 0 Å². The lowest BCUT2D eigenvalue weighted by Gasteiger charge is -2.20. The Balaban J connectivity index is 1.44. The number of benzene rings is 2. The Morgan fingerprint density at radius 2 is 1.68 bits per heavy atom. The van der Waals surface area contributed by atoms with E-state index in [-0.39, 0.29) is 30.1 Å². The highest BCUT2D eigenvalue weighted by Gasteiger charge is 2.70. The maximum absolute atomic E-state index is 12.8. The lowest BCUT2D eigenvalue weighted by molar-refractivity contribution is -0.135. The summed E-state index contributed by atoms with van der Waals surface area (Å²) in [4.78, 5) is 39.3. The number of likely N-dealkylation sites (tertiary alicyclic amines) is 1. The van der Waals surface area contributed by atoms with Crippen molar-refractivity contribution in [3.8, 4) is 0 Å². The van der Waals surface area contributed by atoms with Gasteiger partial charge in [-0.25, -0.2) is 0 Å². The van der Waals surface area contributed by atoms with E-state index in [1.54, 1.807) is 36.4 Å². The number of anilines is 1. The van der Waals surface area contributed by atoms with E-state index in [9.17, 15) is 14.4 Å². The maximum atomic E-state index is 12.8. The molecule has 5 nitrogen and oxygen atoms in total. The number of carbonyl (C=O) groups excluding carboxylic acids is 3. The molecule has 2 aliphatic rings. The van der Waals surface area contributed by atoms with Crippen LogP contribution in [0.25, 0.3) is 0 Å². The number of fused-ring (bicyclic) bond motifs is 1. The summed E-state index contributed by atoms with van der Waals surface area (Å²) in [5.41, 5.74) is 0.322. The van der Waals surface area contributed by atoms with Crippen LogP contribution < -0.4 is 5.32 Å². The lowest BCUT2D eigenvalue weighted by atomic mass is 9.93. The van der Waals surface area contributed by atoms with E-state index in [2.05, 4.69) is 5.32 Å². The number of amides is 2. The smallest absolute Gasteiger partial charge is 0.243 e. The van der Waals surface area contributed by atoms with E-state index in [0.717, 1.165) is 0 Å². The van der Waals surface area contributed by atoms with Crippen LogP contribution in [-0.2, 0) is 9.59 Å². The van der Waals surface area contributed by atoms with E-state index < -0.39 is 5.41 Å². The molecule has 2 amide bonds. The Morgan fingerprint density at radius 3 is 2.36 bits per heavy atom. The Hall–Kier alpha value is -2.95. The molecule has 5 heteroatoms. The van der Waals surface area contributed by atoms with Gasteiger partial charge in [0, 0.05) is 17.8 Å². The van der Waals surface area contributed by atoms with Gasteiger partial charge in [-0.3, -0.25) is 14.4 Å². The summed E-state index contributed by atoms with van der Waals surface area (Å²) in [6.07, 6.45) is 0.594. The van der Waals surface area contributed by atoms with Crippen LogP contribution in [0, 0.1) is 11.3 Å². The summed E-state index contributed by atoms with van der Waals surface area (Å²) in [6.45, 7) is 0.452. The number of nitrogens with zero attached hydrogens (tertiary/aromatic N) is 1. The number of piperidine rings is 1. The molecule has 1 saturated heterocycles. The Labute approximate surface area is 145 Å². The predicted octanol–water partition coefficient (Wildman–Crippen LogP) is 2.36. The van der Waals surface area contributed by atoms with Crippen LogP contribution in [0.4, 0.5) is 5.69 Å². The van der Waals surface area contributed by atoms with Gasteiger partial charge in [0.25, 0.3) is 0 Å². The summed E-state index contributed by atoms with van der Waals surface area (Å²) in [7, 11) is 0. The van der Waals surface area contributed by atoms with E-state index in [1.807, 2.05) is 24.3 Å². The minimum Gasteiger partial charge on any atom is -0.332 e. The molecule has 0 radical (unpaired) electrons. The van der Waals surface area contributed by atoms with Crippen molar-refractivity contribution in [1.29, 1.82) is 0 Å². The third kappa shape index (κ3) is 2.61. The van der Waals surface area contributed by atoms with Crippen molar-refractivity contribution in [2.45, 2.75) is 6.42 Å². The molecule has 2 aromatic carbocycles. The second-order valence-corrected chi connectivity index (χ2v) is 6.67. The predicted molar refractivity (Wildman–Crippen MR) is 93.0 cm³/mol. The van der Waals surface area contributed by atoms with Gasteiger partial charge in [0.05, 0.1) is 6.54 Å². The lowest BCUT2D eigenvalue weighted by Crippen LogP contribution is -2.40. The van der Waals surface area contributed by atoms with Crippen LogP contribution in [0.3, 0.4) is 0 Å². The van der Waals surface area contributed by atoms with Gasteiger partial charge in [0.15, 0.2) is 5.78 Å². The van der Waals surface area contributed by atoms with Crippen LogP contribution in [-0.4, -0.2) is 35.6 Å². The zero-order valence-corrected chi connectivity index (χ0v) is 13.6. The number of hydrogen-bond donors (Lipinski definition) is 1. The van der Waals surface area contributed by atoms with Crippen molar-refractivity contribution in [3.63, 3.8) is 0 Å². The van der Waals surface area contributed by atoms with Crippen molar-refractivity contribution >= 4 is 23.3 Å². The molecule has 0 spiro atoms. The van der Waals surface area contributed by atoms with Crippen LogP contribution in [0.5, 0.6) is 0 Å². The van der Waals surface area contributed by atoms with Gasteiger partial charge in [0.1, 0.15) is 5.41 Å². The number of hydrogen-bond acceptors (Lipinski definition) is 3. The number of para-hydroxylation sites is 1. The molecule has 126 valence electrons. The first kappa shape index (κ1) is 15.6. The normalized spacial score (nSPS) is 23.9. The van der Waals surface area contributed by atoms with Gasteiger partial charge in [0.2, 0.25) is 11.8 Å². The largest absolute Gasteiger partial charge is 0.332 e. The second-order valence-electron chi connectivity index (χ2n) is 6.67. The van der Waals surface area contributed by atoms with E-state index in [1.165, 1.54) is 4.90 Å². The molecule has 1 aliphatic carbocycles. The highest BCUT2D eigenvalue weighted by molar-refractivity contribution is 6.18. The molecular formula is C20H18N2O3. The van der Waals surface area contributed by atoms with E-state index in [4.69, 9.17) is 0 Å². The Kier molecular flexibility index (Phi) is 3.64. The number of Topliss-reactive ketones (excluding diaryl/α,β-unsaturated/α-hetero) is 1. The fourth-order valence-corrected chi connectivity index (χ4v) is 3.70. The number of ketones is 1. The molecule has 2 atom stereocenters. The van der Waals surface area contributed by atoms with Crippen molar-refractivity contribution in [2.75, 3.05) is 18.4 Å². The first-order chi connectivity index (χ1) is 12.1. The Morgan fingerprint density at radius 1 is 1.04 bits per heavy atom.